The van der Waals surface area contributed by atoms with Gasteiger partial charge in [-0.15, -0.1) is 0 Å². The van der Waals surface area contributed by atoms with Gasteiger partial charge in [-0.05, 0) is 62.2 Å². The molecule has 0 spiro atoms. The van der Waals surface area contributed by atoms with E-state index >= 15 is 0 Å². The Labute approximate surface area is 191 Å². The fourth-order valence-electron chi connectivity index (χ4n) is 4.19. The lowest BCUT2D eigenvalue weighted by Crippen LogP contribution is -2.38. The molecule has 1 N–H and O–H groups in total. The molecule has 0 bridgehead atoms. The van der Waals surface area contributed by atoms with Gasteiger partial charge in [-0.25, -0.2) is 9.69 Å². The zero-order chi connectivity index (χ0) is 23.4. The molecular formula is C25H26N2O6. The Balaban J connectivity index is 1.41. The predicted molar refractivity (Wildman–Crippen MR) is 120 cm³/mol. The number of imide groups is 1. The lowest BCUT2D eigenvalue weighted by atomic mass is 9.95. The molecular weight excluding hydrogens is 424 g/mol. The van der Waals surface area contributed by atoms with Crippen molar-refractivity contribution in [3.63, 3.8) is 0 Å². The van der Waals surface area contributed by atoms with E-state index in [1.807, 2.05) is 6.92 Å². The van der Waals surface area contributed by atoms with E-state index in [1.165, 1.54) is 24.6 Å². The first-order chi connectivity index (χ1) is 16.0. The van der Waals surface area contributed by atoms with Crippen LogP contribution in [-0.2, 0) is 9.53 Å². The van der Waals surface area contributed by atoms with E-state index < -0.39 is 24.4 Å². The van der Waals surface area contributed by atoms with Gasteiger partial charge in [-0.1, -0.05) is 19.3 Å². The van der Waals surface area contributed by atoms with Crippen LogP contribution >= 0.6 is 0 Å². The van der Waals surface area contributed by atoms with Crippen LogP contribution in [0.5, 0.6) is 5.75 Å². The first-order valence-electron chi connectivity index (χ1n) is 11.2. The van der Waals surface area contributed by atoms with E-state index in [9.17, 15) is 19.2 Å². The van der Waals surface area contributed by atoms with Gasteiger partial charge in [0, 0.05) is 6.04 Å². The van der Waals surface area contributed by atoms with Crippen LogP contribution in [0.1, 0.15) is 70.1 Å². The molecule has 0 aromatic heterocycles. The van der Waals surface area contributed by atoms with Gasteiger partial charge >= 0.3 is 5.97 Å². The molecule has 8 nitrogen and oxygen atoms in total. The zero-order valence-corrected chi connectivity index (χ0v) is 18.5. The van der Waals surface area contributed by atoms with E-state index in [4.69, 9.17) is 9.47 Å². The van der Waals surface area contributed by atoms with Crippen LogP contribution < -0.4 is 15.0 Å². The van der Waals surface area contributed by atoms with Gasteiger partial charge < -0.3 is 14.8 Å². The molecule has 0 unspecified atom stereocenters. The molecule has 1 heterocycles. The molecule has 3 amide bonds. The third-order valence-electron chi connectivity index (χ3n) is 5.83. The molecule has 33 heavy (non-hydrogen) atoms. The van der Waals surface area contributed by atoms with Crippen molar-refractivity contribution in [3.05, 3.63) is 59.2 Å². The Bertz CT molecular complexity index is 1070. The van der Waals surface area contributed by atoms with Crippen LogP contribution in [0.25, 0.3) is 0 Å². The molecule has 0 radical (unpaired) electrons. The van der Waals surface area contributed by atoms with Gasteiger partial charge in [-0.3, -0.25) is 14.4 Å². The van der Waals surface area contributed by atoms with Gasteiger partial charge in [0.2, 0.25) is 0 Å². The quantitative estimate of drug-likeness (QED) is 0.512. The number of carbonyl (C=O) groups excluding carboxylic acids is 4. The minimum atomic E-state index is -0.726. The standard InChI is InChI=1S/C25H26N2O6/c1-2-32-19-11-9-18(10-12-19)27-23(29)20-13-8-16(14-21(20)24(27)30)25(31)33-15-22(28)26-17-6-4-3-5-7-17/h8-14,17H,2-7,15H2,1H3,(H,26,28). The van der Waals surface area contributed by atoms with E-state index in [1.54, 1.807) is 24.3 Å². The van der Waals surface area contributed by atoms with Crippen LogP contribution in [0.3, 0.4) is 0 Å². The number of nitrogens with zero attached hydrogens (tertiary/aromatic N) is 1. The van der Waals surface area contributed by atoms with Crippen LogP contribution in [0.2, 0.25) is 0 Å². The monoisotopic (exact) mass is 450 g/mol. The van der Waals surface area contributed by atoms with E-state index in [0.29, 0.717) is 18.0 Å². The van der Waals surface area contributed by atoms with Gasteiger partial charge in [-0.2, -0.15) is 0 Å². The molecule has 1 saturated carbocycles. The normalized spacial score (nSPS) is 15.8. The molecule has 0 atom stereocenters. The number of hydrogen-bond acceptors (Lipinski definition) is 6. The van der Waals surface area contributed by atoms with Crippen molar-refractivity contribution in [2.75, 3.05) is 18.1 Å². The molecule has 172 valence electrons. The summed E-state index contributed by atoms with van der Waals surface area (Å²) >= 11 is 0. The second-order valence-electron chi connectivity index (χ2n) is 8.11. The molecule has 1 aliphatic carbocycles. The second kappa shape index (κ2) is 9.85. The Morgan fingerprint density at radius 2 is 1.67 bits per heavy atom. The molecule has 1 fully saturated rings. The first kappa shape index (κ1) is 22.5. The fourth-order valence-corrected chi connectivity index (χ4v) is 4.19. The number of benzene rings is 2. The minimum Gasteiger partial charge on any atom is -0.494 e. The highest BCUT2D eigenvalue weighted by molar-refractivity contribution is 6.34. The van der Waals surface area contributed by atoms with Crippen LogP contribution in [-0.4, -0.2) is 42.9 Å². The number of esters is 1. The van der Waals surface area contributed by atoms with Crippen molar-refractivity contribution >= 4 is 29.4 Å². The summed E-state index contributed by atoms with van der Waals surface area (Å²) in [6.07, 6.45) is 5.22. The van der Waals surface area contributed by atoms with Gasteiger partial charge in [0.15, 0.2) is 6.61 Å². The van der Waals surface area contributed by atoms with E-state index in [2.05, 4.69) is 5.32 Å². The lowest BCUT2D eigenvalue weighted by Gasteiger charge is -2.22. The van der Waals surface area contributed by atoms with Gasteiger partial charge in [0.05, 0.1) is 29.0 Å². The average Bonchev–Trinajstić information content (AvgIpc) is 3.08. The Morgan fingerprint density at radius 1 is 0.970 bits per heavy atom. The van der Waals surface area contributed by atoms with Crippen molar-refractivity contribution in [1.82, 2.24) is 5.32 Å². The van der Waals surface area contributed by atoms with Crippen molar-refractivity contribution in [3.8, 4) is 5.75 Å². The number of amides is 3. The highest BCUT2D eigenvalue weighted by atomic mass is 16.5. The molecule has 2 aromatic carbocycles. The van der Waals surface area contributed by atoms with E-state index in [-0.39, 0.29) is 28.6 Å². The Morgan fingerprint density at radius 3 is 2.36 bits per heavy atom. The maximum Gasteiger partial charge on any atom is 0.338 e. The number of carbonyl (C=O) groups is 4. The SMILES string of the molecule is CCOc1ccc(N2C(=O)c3ccc(C(=O)OCC(=O)NC4CCCCC4)cc3C2=O)cc1. The topological polar surface area (TPSA) is 102 Å². The molecule has 8 heteroatoms. The summed E-state index contributed by atoms with van der Waals surface area (Å²) in [4.78, 5) is 51.4. The first-order valence-corrected chi connectivity index (χ1v) is 11.2. The number of nitrogens with one attached hydrogen (secondary N) is 1. The Hall–Kier alpha value is -3.68. The summed E-state index contributed by atoms with van der Waals surface area (Å²) in [7, 11) is 0. The summed E-state index contributed by atoms with van der Waals surface area (Å²) in [6.45, 7) is 1.98. The molecule has 4 rings (SSSR count). The second-order valence-corrected chi connectivity index (χ2v) is 8.11. The van der Waals surface area contributed by atoms with Crippen molar-refractivity contribution in [2.45, 2.75) is 45.1 Å². The Kier molecular flexibility index (Phi) is 6.72. The van der Waals surface area contributed by atoms with Crippen LogP contribution in [0, 0.1) is 0 Å². The highest BCUT2D eigenvalue weighted by Crippen LogP contribution is 2.30. The van der Waals surface area contributed by atoms with E-state index in [0.717, 1.165) is 30.6 Å². The highest BCUT2D eigenvalue weighted by Gasteiger charge is 2.37. The summed E-state index contributed by atoms with van der Waals surface area (Å²) in [5.41, 5.74) is 0.845. The fraction of sp³-hybridized carbons (Fsp3) is 0.360. The van der Waals surface area contributed by atoms with Crippen molar-refractivity contribution in [1.29, 1.82) is 0 Å². The maximum atomic E-state index is 12.9. The number of hydrogen-bond donors (Lipinski definition) is 1. The minimum absolute atomic E-state index is 0.105. The zero-order valence-electron chi connectivity index (χ0n) is 18.5. The lowest BCUT2D eigenvalue weighted by molar-refractivity contribution is -0.125. The molecule has 1 aliphatic heterocycles. The average molecular weight is 450 g/mol. The van der Waals surface area contributed by atoms with Crippen LogP contribution in [0.15, 0.2) is 42.5 Å². The summed E-state index contributed by atoms with van der Waals surface area (Å²) < 4.78 is 10.5. The number of anilines is 1. The summed E-state index contributed by atoms with van der Waals surface area (Å²) in [5.74, 6) is -1.43. The van der Waals surface area contributed by atoms with Crippen molar-refractivity contribution in [2.24, 2.45) is 0 Å². The van der Waals surface area contributed by atoms with Gasteiger partial charge in [0.25, 0.3) is 17.7 Å². The molecule has 2 aromatic rings. The molecule has 0 saturated heterocycles. The number of rotatable bonds is 7. The van der Waals surface area contributed by atoms with Gasteiger partial charge in [0.1, 0.15) is 5.75 Å². The smallest absolute Gasteiger partial charge is 0.338 e. The summed E-state index contributed by atoms with van der Waals surface area (Å²) in [5, 5.41) is 2.89. The predicted octanol–water partition coefficient (Wildman–Crippen LogP) is 3.49. The molecule has 2 aliphatic rings. The summed E-state index contributed by atoms with van der Waals surface area (Å²) in [6, 6.07) is 11.0. The number of ether oxygens (including phenoxy) is 2. The third-order valence-corrected chi connectivity index (χ3v) is 5.83. The third kappa shape index (κ3) is 4.89. The van der Waals surface area contributed by atoms with Crippen LogP contribution in [0.4, 0.5) is 5.69 Å². The number of fused-ring (bicyclic) bond motifs is 1. The van der Waals surface area contributed by atoms with Crippen molar-refractivity contribution < 1.29 is 28.7 Å². The largest absolute Gasteiger partial charge is 0.494 e. The maximum absolute atomic E-state index is 12.9.